The Hall–Kier alpha value is -2.91. The van der Waals surface area contributed by atoms with E-state index in [0.717, 1.165) is 16.8 Å². The van der Waals surface area contributed by atoms with Crippen LogP contribution in [-0.2, 0) is 20.1 Å². The van der Waals surface area contributed by atoms with Crippen LogP contribution in [0.1, 0.15) is 36.6 Å². The van der Waals surface area contributed by atoms with Gasteiger partial charge in [-0.15, -0.1) is 0 Å². The number of halogens is 3. The number of guanidine groups is 1. The molecule has 2 rings (SSSR count). The zero-order valence-electron chi connectivity index (χ0n) is 18.7. The number of aliphatic imine (C=N–C) groups is 1. The van der Waals surface area contributed by atoms with Crippen LogP contribution < -0.4 is 14.8 Å². The molecule has 2 aromatic rings. The van der Waals surface area contributed by atoms with Crippen LogP contribution in [0, 0.1) is 0 Å². The van der Waals surface area contributed by atoms with Crippen molar-refractivity contribution in [2.75, 3.05) is 27.8 Å². The van der Waals surface area contributed by atoms with Gasteiger partial charge >= 0.3 is 6.18 Å². The maximum Gasteiger partial charge on any atom is 0.422 e. The third-order valence-electron chi connectivity index (χ3n) is 4.53. The molecule has 31 heavy (non-hydrogen) atoms. The number of nitrogens with zero attached hydrogens (tertiary/aromatic N) is 4. The number of ether oxygens (including phenoxy) is 2. The highest BCUT2D eigenvalue weighted by molar-refractivity contribution is 5.79. The predicted molar refractivity (Wildman–Crippen MR) is 114 cm³/mol. The monoisotopic (exact) mass is 441 g/mol. The van der Waals surface area contributed by atoms with E-state index in [9.17, 15) is 13.2 Å². The molecule has 0 saturated heterocycles. The Balaban J connectivity index is 2.03. The Bertz CT molecular complexity index is 894. The van der Waals surface area contributed by atoms with E-state index in [1.165, 1.54) is 13.2 Å². The van der Waals surface area contributed by atoms with Gasteiger partial charge in [-0.3, -0.25) is 9.67 Å². The summed E-state index contributed by atoms with van der Waals surface area (Å²) in [6.07, 6.45) is -2.41. The molecule has 0 amide bonds. The van der Waals surface area contributed by atoms with Crippen molar-refractivity contribution in [1.82, 2.24) is 20.0 Å². The SMILES string of the molecule is CN=C(NCc1ccc(OCC(F)(F)F)c(OC)c1)N(C)Cc1cn(C)nc1C(C)C. The van der Waals surface area contributed by atoms with Crippen LogP contribution >= 0.6 is 0 Å². The van der Waals surface area contributed by atoms with Gasteiger partial charge in [0.25, 0.3) is 0 Å². The van der Waals surface area contributed by atoms with Gasteiger partial charge in [0.1, 0.15) is 0 Å². The number of methoxy groups -OCH3 is 1. The maximum atomic E-state index is 12.4. The second-order valence-electron chi connectivity index (χ2n) is 7.51. The summed E-state index contributed by atoms with van der Waals surface area (Å²) in [4.78, 5) is 6.31. The Kier molecular flexibility index (Phi) is 8.18. The minimum absolute atomic E-state index is 0.0443. The fourth-order valence-corrected chi connectivity index (χ4v) is 3.16. The topological polar surface area (TPSA) is 63.9 Å². The molecule has 1 N–H and O–H groups in total. The Morgan fingerprint density at radius 1 is 1.29 bits per heavy atom. The first-order chi connectivity index (χ1) is 14.5. The van der Waals surface area contributed by atoms with Crippen LogP contribution in [0.4, 0.5) is 13.2 Å². The largest absolute Gasteiger partial charge is 0.493 e. The molecule has 1 aromatic heterocycles. The first-order valence-corrected chi connectivity index (χ1v) is 9.84. The highest BCUT2D eigenvalue weighted by atomic mass is 19.4. The van der Waals surface area contributed by atoms with E-state index in [1.54, 1.807) is 19.2 Å². The van der Waals surface area contributed by atoms with Crippen molar-refractivity contribution in [3.63, 3.8) is 0 Å². The lowest BCUT2D eigenvalue weighted by Gasteiger charge is -2.22. The maximum absolute atomic E-state index is 12.4. The van der Waals surface area contributed by atoms with E-state index in [1.807, 2.05) is 29.9 Å². The van der Waals surface area contributed by atoms with Gasteiger partial charge in [-0.2, -0.15) is 18.3 Å². The zero-order valence-corrected chi connectivity index (χ0v) is 18.7. The van der Waals surface area contributed by atoms with Crippen molar-refractivity contribution in [3.8, 4) is 11.5 Å². The number of aromatic nitrogens is 2. The van der Waals surface area contributed by atoms with E-state index in [2.05, 4.69) is 29.3 Å². The molecule has 0 aliphatic rings. The summed E-state index contributed by atoms with van der Waals surface area (Å²) in [5, 5.41) is 7.79. The van der Waals surface area contributed by atoms with Gasteiger partial charge < -0.3 is 19.7 Å². The summed E-state index contributed by atoms with van der Waals surface area (Å²) in [5.74, 6) is 1.27. The molecule has 0 spiro atoms. The molecule has 0 saturated carbocycles. The van der Waals surface area contributed by atoms with E-state index in [4.69, 9.17) is 9.47 Å². The van der Waals surface area contributed by atoms with Crippen molar-refractivity contribution in [3.05, 3.63) is 41.2 Å². The molecular formula is C21H30F3N5O2. The molecule has 0 aliphatic heterocycles. The van der Waals surface area contributed by atoms with Crippen molar-refractivity contribution >= 4 is 5.96 Å². The van der Waals surface area contributed by atoms with E-state index < -0.39 is 12.8 Å². The quantitative estimate of drug-likeness (QED) is 0.500. The summed E-state index contributed by atoms with van der Waals surface area (Å²) in [7, 11) is 6.92. The molecule has 0 aliphatic carbocycles. The average Bonchev–Trinajstić information content (AvgIpc) is 3.06. The van der Waals surface area contributed by atoms with E-state index >= 15 is 0 Å². The Labute approximate surface area is 180 Å². The van der Waals surface area contributed by atoms with Crippen molar-refractivity contribution in [2.45, 2.75) is 39.0 Å². The highest BCUT2D eigenvalue weighted by Gasteiger charge is 2.29. The predicted octanol–water partition coefficient (Wildman–Crippen LogP) is 3.70. The Morgan fingerprint density at radius 3 is 2.58 bits per heavy atom. The average molecular weight is 441 g/mol. The summed E-state index contributed by atoms with van der Waals surface area (Å²) in [5.41, 5.74) is 2.98. The number of aryl methyl sites for hydroxylation is 1. The molecule has 0 unspecified atom stereocenters. The molecule has 0 atom stereocenters. The number of alkyl halides is 3. The van der Waals surface area contributed by atoms with Crippen LogP contribution in [0.3, 0.4) is 0 Å². The standard InChI is InChI=1S/C21H30F3N5O2/c1-14(2)19-16(12-29(5)27-19)11-28(4)20(25-3)26-10-15-7-8-17(18(9-15)30-6)31-13-21(22,23)24/h7-9,12,14H,10-11,13H2,1-6H3,(H,25,26). The second-order valence-corrected chi connectivity index (χ2v) is 7.51. The van der Waals surface area contributed by atoms with Crippen LogP contribution in [0.2, 0.25) is 0 Å². The van der Waals surface area contributed by atoms with Gasteiger partial charge in [-0.25, -0.2) is 0 Å². The minimum Gasteiger partial charge on any atom is -0.493 e. The van der Waals surface area contributed by atoms with Gasteiger partial charge in [-0.05, 0) is 23.6 Å². The van der Waals surface area contributed by atoms with Crippen molar-refractivity contribution in [2.24, 2.45) is 12.0 Å². The summed E-state index contributed by atoms with van der Waals surface area (Å²) >= 11 is 0. The molecule has 172 valence electrons. The van der Waals surface area contributed by atoms with Gasteiger partial charge in [-0.1, -0.05) is 19.9 Å². The lowest BCUT2D eigenvalue weighted by molar-refractivity contribution is -0.153. The second kappa shape index (κ2) is 10.4. The summed E-state index contributed by atoms with van der Waals surface area (Å²) in [6.45, 7) is 3.89. The number of hydrogen-bond donors (Lipinski definition) is 1. The minimum atomic E-state index is -4.41. The van der Waals surface area contributed by atoms with Gasteiger partial charge in [0.05, 0.1) is 12.8 Å². The fraction of sp³-hybridized carbons (Fsp3) is 0.524. The molecule has 10 heteroatoms. The number of rotatable bonds is 8. The number of nitrogens with one attached hydrogen (secondary N) is 1. The van der Waals surface area contributed by atoms with Crippen LogP contribution in [-0.4, -0.2) is 54.6 Å². The first-order valence-electron chi connectivity index (χ1n) is 9.84. The third-order valence-corrected chi connectivity index (χ3v) is 4.53. The molecular weight excluding hydrogens is 411 g/mol. The number of hydrogen-bond acceptors (Lipinski definition) is 4. The summed E-state index contributed by atoms with van der Waals surface area (Å²) < 4.78 is 49.0. The van der Waals surface area contributed by atoms with E-state index in [0.29, 0.717) is 25.0 Å². The van der Waals surface area contributed by atoms with Crippen LogP contribution in [0.25, 0.3) is 0 Å². The van der Waals surface area contributed by atoms with Gasteiger partial charge in [0.2, 0.25) is 0 Å². The fourth-order valence-electron chi connectivity index (χ4n) is 3.16. The van der Waals surface area contributed by atoms with Crippen LogP contribution in [0.15, 0.2) is 29.4 Å². The first kappa shape index (κ1) is 24.4. The van der Waals surface area contributed by atoms with Gasteiger partial charge in [0.15, 0.2) is 24.1 Å². The van der Waals surface area contributed by atoms with Crippen LogP contribution in [0.5, 0.6) is 11.5 Å². The smallest absolute Gasteiger partial charge is 0.422 e. The zero-order chi connectivity index (χ0) is 23.2. The molecule has 0 fully saturated rings. The summed E-state index contributed by atoms with van der Waals surface area (Å²) in [6, 6.07) is 4.80. The van der Waals surface area contributed by atoms with Crippen molar-refractivity contribution < 1.29 is 22.6 Å². The lowest BCUT2D eigenvalue weighted by Crippen LogP contribution is -2.38. The van der Waals surface area contributed by atoms with E-state index in [-0.39, 0.29) is 11.5 Å². The normalized spacial score (nSPS) is 12.3. The lowest BCUT2D eigenvalue weighted by atomic mass is 10.1. The van der Waals surface area contributed by atoms with Gasteiger partial charge in [0, 0.05) is 46.0 Å². The van der Waals surface area contributed by atoms with Crippen molar-refractivity contribution in [1.29, 1.82) is 0 Å². The molecule has 1 aromatic carbocycles. The Morgan fingerprint density at radius 2 is 2.00 bits per heavy atom. The molecule has 1 heterocycles. The number of benzene rings is 1. The molecule has 0 radical (unpaired) electrons. The molecule has 0 bridgehead atoms. The molecule has 7 nitrogen and oxygen atoms in total. The highest BCUT2D eigenvalue weighted by Crippen LogP contribution is 2.29. The third kappa shape index (κ3) is 7.08.